The van der Waals surface area contributed by atoms with E-state index in [1.54, 1.807) is 17.0 Å². The summed E-state index contributed by atoms with van der Waals surface area (Å²) < 4.78 is 13.5. The Balaban J connectivity index is 1.50. The summed E-state index contributed by atoms with van der Waals surface area (Å²) in [7, 11) is -1.69. The molecule has 0 saturated heterocycles. The van der Waals surface area contributed by atoms with Gasteiger partial charge in [0.25, 0.3) is 0 Å². The maximum Gasteiger partial charge on any atom is 0.322 e. The number of aliphatic imine (C=N–C) groups is 1. The van der Waals surface area contributed by atoms with Crippen molar-refractivity contribution in [1.29, 1.82) is 0 Å². The maximum atomic E-state index is 13.5. The molecule has 1 aromatic rings. The molecular formula is C23H31FN4O2Si. The van der Waals surface area contributed by atoms with Crippen LogP contribution in [0.15, 0.2) is 40.4 Å². The van der Waals surface area contributed by atoms with Crippen molar-refractivity contribution in [3.05, 3.63) is 41.2 Å². The molecule has 0 radical (unpaired) electrons. The van der Waals surface area contributed by atoms with E-state index in [2.05, 4.69) is 35.3 Å². The normalized spacial score (nSPS) is 21.4. The molecule has 2 heterocycles. The van der Waals surface area contributed by atoms with E-state index in [1.165, 1.54) is 12.1 Å². The minimum atomic E-state index is -1.69. The van der Waals surface area contributed by atoms with Gasteiger partial charge in [-0.2, -0.15) is 0 Å². The molecule has 0 aromatic heterocycles. The number of amides is 3. The zero-order chi connectivity index (χ0) is 22.6. The molecule has 1 aromatic carbocycles. The summed E-state index contributed by atoms with van der Waals surface area (Å²) >= 11 is 0. The van der Waals surface area contributed by atoms with E-state index in [4.69, 9.17) is 0 Å². The lowest BCUT2D eigenvalue weighted by atomic mass is 9.83. The van der Waals surface area contributed by atoms with Crippen LogP contribution in [0.2, 0.25) is 24.7 Å². The Labute approximate surface area is 184 Å². The van der Waals surface area contributed by atoms with Crippen LogP contribution in [0, 0.1) is 5.82 Å². The molecule has 3 aliphatic rings. The van der Waals surface area contributed by atoms with Gasteiger partial charge in [0.2, 0.25) is 5.91 Å². The van der Waals surface area contributed by atoms with Crippen molar-refractivity contribution in [2.75, 3.05) is 18.4 Å². The van der Waals surface area contributed by atoms with Gasteiger partial charge in [-0.25, -0.2) is 9.18 Å². The topological polar surface area (TPSA) is 73.8 Å². The van der Waals surface area contributed by atoms with Crippen LogP contribution in [0.4, 0.5) is 14.9 Å². The van der Waals surface area contributed by atoms with Gasteiger partial charge in [-0.15, -0.1) is 0 Å². The number of nitrogens with one attached hydrogen (secondary N) is 2. The van der Waals surface area contributed by atoms with Crippen LogP contribution in [0.1, 0.15) is 33.1 Å². The molecule has 0 spiro atoms. The van der Waals surface area contributed by atoms with Crippen molar-refractivity contribution in [3.63, 3.8) is 0 Å². The number of hydrogen-bond donors (Lipinski definition) is 2. The number of anilines is 1. The summed E-state index contributed by atoms with van der Waals surface area (Å²) in [5.74, 6) is 0.299. The van der Waals surface area contributed by atoms with Crippen molar-refractivity contribution < 1.29 is 14.0 Å². The smallest absolute Gasteiger partial charge is 0.311 e. The Bertz CT molecular complexity index is 1010. The molecule has 0 unspecified atom stereocenters. The molecule has 4 rings (SSSR count). The molecule has 3 amide bonds. The van der Waals surface area contributed by atoms with E-state index in [0.717, 1.165) is 30.4 Å². The second kappa shape index (κ2) is 7.29. The molecule has 2 N–H and O–H groups in total. The highest BCUT2D eigenvalue weighted by Gasteiger charge is 2.54. The summed E-state index contributed by atoms with van der Waals surface area (Å²) in [6.45, 7) is 11.6. The third-order valence-corrected chi connectivity index (χ3v) is 11.0. The molecule has 1 aliphatic carbocycles. The van der Waals surface area contributed by atoms with Gasteiger partial charge in [-0.3, -0.25) is 9.79 Å². The number of nitrogens with zero attached hydrogens (tertiary/aromatic N) is 2. The number of hydrogen-bond acceptors (Lipinski definition) is 3. The average molecular weight is 443 g/mol. The second-order valence-electron chi connectivity index (χ2n) is 10.3. The number of carbonyl (C=O) groups excluding carboxylic acids is 2. The highest BCUT2D eigenvalue weighted by Crippen LogP contribution is 2.55. The van der Waals surface area contributed by atoms with Crippen molar-refractivity contribution in [3.8, 4) is 0 Å². The summed E-state index contributed by atoms with van der Waals surface area (Å²) in [6, 6.07) is 5.56. The fourth-order valence-electron chi connectivity index (χ4n) is 5.02. The SMILES string of the molecule is CC1(C)C2=C(CN1C(=O)Nc1cccc(F)c1)C(NC(=O)C1([Si](C)(C)C)CCC1)=NC2. The summed E-state index contributed by atoms with van der Waals surface area (Å²) in [5, 5.41) is 5.69. The molecule has 166 valence electrons. The first-order chi connectivity index (χ1) is 14.5. The minimum Gasteiger partial charge on any atom is -0.311 e. The fraction of sp³-hybridized carbons (Fsp3) is 0.522. The molecule has 1 saturated carbocycles. The predicted octanol–water partition coefficient (Wildman–Crippen LogP) is 4.54. The van der Waals surface area contributed by atoms with Crippen LogP contribution in [-0.2, 0) is 4.79 Å². The van der Waals surface area contributed by atoms with Crippen molar-refractivity contribution >= 4 is 31.5 Å². The lowest BCUT2D eigenvalue weighted by Gasteiger charge is -2.49. The molecule has 31 heavy (non-hydrogen) atoms. The van der Waals surface area contributed by atoms with Crippen LogP contribution in [0.3, 0.4) is 0 Å². The quantitative estimate of drug-likeness (QED) is 0.675. The maximum absolute atomic E-state index is 13.5. The average Bonchev–Trinajstić information content (AvgIpc) is 3.11. The van der Waals surface area contributed by atoms with E-state index in [1.807, 2.05) is 13.8 Å². The molecular weight excluding hydrogens is 411 g/mol. The van der Waals surface area contributed by atoms with Gasteiger partial charge in [-0.1, -0.05) is 32.1 Å². The van der Waals surface area contributed by atoms with E-state index in [0.29, 0.717) is 24.6 Å². The standard InChI is InChI=1S/C23H31FN4O2Si/c1-22(2)18-13-25-19(27-20(29)23(10-7-11-23)31(3,4)5)17(18)14-28(22)21(30)26-16-9-6-8-15(24)12-16/h6,8-9,12H,7,10-11,13-14H2,1-5H3,(H,26,30)(H,25,27,29). The van der Waals surface area contributed by atoms with Crippen molar-refractivity contribution in [1.82, 2.24) is 10.2 Å². The summed E-state index contributed by atoms with van der Waals surface area (Å²) in [5.41, 5.74) is 1.85. The largest absolute Gasteiger partial charge is 0.322 e. The molecule has 0 bridgehead atoms. The number of rotatable bonds is 3. The lowest BCUT2D eigenvalue weighted by molar-refractivity contribution is -0.125. The molecule has 2 aliphatic heterocycles. The number of urea groups is 1. The second-order valence-corrected chi connectivity index (χ2v) is 15.8. The van der Waals surface area contributed by atoms with E-state index < -0.39 is 19.4 Å². The van der Waals surface area contributed by atoms with Crippen LogP contribution in [-0.4, -0.2) is 49.4 Å². The summed E-state index contributed by atoms with van der Waals surface area (Å²) in [6.07, 6.45) is 2.99. The van der Waals surface area contributed by atoms with Crippen LogP contribution in [0.25, 0.3) is 0 Å². The van der Waals surface area contributed by atoms with Gasteiger partial charge in [-0.05, 0) is 50.5 Å². The Morgan fingerprint density at radius 1 is 1.16 bits per heavy atom. The first-order valence-electron chi connectivity index (χ1n) is 10.9. The van der Waals surface area contributed by atoms with Crippen molar-refractivity contribution in [2.45, 2.75) is 63.3 Å². The Hall–Kier alpha value is -2.48. The third kappa shape index (κ3) is 3.50. The predicted molar refractivity (Wildman–Crippen MR) is 124 cm³/mol. The zero-order valence-electron chi connectivity index (χ0n) is 18.9. The van der Waals surface area contributed by atoms with Gasteiger partial charge < -0.3 is 15.5 Å². The number of amidine groups is 1. The third-order valence-electron chi connectivity index (χ3n) is 7.41. The zero-order valence-corrected chi connectivity index (χ0v) is 19.9. The Kier molecular flexibility index (Phi) is 5.11. The highest BCUT2D eigenvalue weighted by atomic mass is 28.3. The van der Waals surface area contributed by atoms with Crippen molar-refractivity contribution in [2.24, 2.45) is 4.99 Å². The fourth-order valence-corrected chi connectivity index (χ4v) is 7.61. The van der Waals surface area contributed by atoms with Gasteiger partial charge in [0.05, 0.1) is 26.7 Å². The Morgan fingerprint density at radius 2 is 1.87 bits per heavy atom. The van der Waals surface area contributed by atoms with Crippen LogP contribution < -0.4 is 10.6 Å². The van der Waals surface area contributed by atoms with Crippen LogP contribution in [0.5, 0.6) is 0 Å². The number of benzene rings is 1. The minimum absolute atomic E-state index is 0.0888. The van der Waals surface area contributed by atoms with E-state index in [-0.39, 0.29) is 17.0 Å². The molecule has 8 heteroatoms. The van der Waals surface area contributed by atoms with Gasteiger partial charge in [0.1, 0.15) is 11.7 Å². The van der Waals surface area contributed by atoms with E-state index in [9.17, 15) is 14.0 Å². The first-order valence-corrected chi connectivity index (χ1v) is 14.4. The van der Waals surface area contributed by atoms with E-state index >= 15 is 0 Å². The number of carbonyl (C=O) groups is 2. The van der Waals surface area contributed by atoms with Gasteiger partial charge in [0.15, 0.2) is 0 Å². The molecule has 1 fully saturated rings. The number of halogens is 1. The molecule has 6 nitrogen and oxygen atoms in total. The van der Waals surface area contributed by atoms with Crippen LogP contribution >= 0.6 is 0 Å². The highest BCUT2D eigenvalue weighted by molar-refractivity contribution is 6.82. The molecule has 0 atom stereocenters. The first kappa shape index (κ1) is 21.7. The van der Waals surface area contributed by atoms with Gasteiger partial charge in [0, 0.05) is 16.3 Å². The monoisotopic (exact) mass is 442 g/mol. The van der Waals surface area contributed by atoms with Gasteiger partial charge >= 0.3 is 6.03 Å². The Morgan fingerprint density at radius 3 is 2.45 bits per heavy atom. The summed E-state index contributed by atoms with van der Waals surface area (Å²) in [4.78, 5) is 32.6. The lowest BCUT2D eigenvalue weighted by Crippen LogP contribution is -2.55.